The van der Waals surface area contributed by atoms with E-state index in [1.165, 1.54) is 5.69 Å². The molecule has 96 valence electrons. The molecule has 0 aliphatic carbocycles. The summed E-state index contributed by atoms with van der Waals surface area (Å²) in [5.41, 5.74) is 7.72. The lowest BCUT2D eigenvalue weighted by Crippen LogP contribution is -2.37. The molecule has 0 spiro atoms. The van der Waals surface area contributed by atoms with Gasteiger partial charge in [-0.15, -0.1) is 0 Å². The number of nitrogens with two attached hydrogens (primary N) is 1. The smallest absolute Gasteiger partial charge is 0.0606 e. The molecule has 0 aliphatic rings. The minimum absolute atomic E-state index is 0.178. The third kappa shape index (κ3) is 3.74. The van der Waals surface area contributed by atoms with Crippen LogP contribution in [0, 0.1) is 3.57 Å². The predicted octanol–water partition coefficient (Wildman–Crippen LogP) is 2.86. The number of rotatable bonds is 6. The van der Waals surface area contributed by atoms with E-state index in [1.54, 1.807) is 0 Å². The van der Waals surface area contributed by atoms with Gasteiger partial charge in [0.2, 0.25) is 0 Å². The molecule has 0 saturated heterocycles. The maximum Gasteiger partial charge on any atom is 0.0606 e. The Balaban J connectivity index is 3.03. The Morgan fingerprint density at radius 1 is 1.35 bits per heavy atom. The molecule has 0 atom stereocenters. The highest BCUT2D eigenvalue weighted by Crippen LogP contribution is 2.27. The van der Waals surface area contributed by atoms with Crippen molar-refractivity contribution in [2.75, 3.05) is 23.8 Å². The second kappa shape index (κ2) is 7.06. The zero-order valence-electron chi connectivity index (χ0n) is 10.5. The number of aliphatic hydroxyl groups is 1. The summed E-state index contributed by atoms with van der Waals surface area (Å²) in [5, 5.41) is 9.21. The third-order valence-electron chi connectivity index (χ3n) is 3.01. The molecular formula is C13H21IN2O. The monoisotopic (exact) mass is 348 g/mol. The molecule has 3 nitrogen and oxygen atoms in total. The Labute approximate surface area is 117 Å². The van der Waals surface area contributed by atoms with Crippen molar-refractivity contribution >= 4 is 34.0 Å². The van der Waals surface area contributed by atoms with E-state index in [9.17, 15) is 5.11 Å². The van der Waals surface area contributed by atoms with Crippen molar-refractivity contribution < 1.29 is 5.11 Å². The summed E-state index contributed by atoms with van der Waals surface area (Å²) in [7, 11) is 0. The van der Waals surface area contributed by atoms with Crippen LogP contribution in [0.1, 0.15) is 26.7 Å². The molecule has 17 heavy (non-hydrogen) atoms. The lowest BCUT2D eigenvalue weighted by Gasteiger charge is -2.33. The van der Waals surface area contributed by atoms with Gasteiger partial charge in [-0.05, 0) is 53.6 Å². The quantitative estimate of drug-likeness (QED) is 0.614. The first-order valence-corrected chi connectivity index (χ1v) is 7.14. The number of hydrogen-bond acceptors (Lipinski definition) is 3. The fourth-order valence-corrected chi connectivity index (χ4v) is 2.94. The summed E-state index contributed by atoms with van der Waals surface area (Å²) in [6, 6.07) is 6.41. The topological polar surface area (TPSA) is 49.5 Å². The SMILES string of the molecule is CCC(CC)N(CCO)c1ccc(N)cc1I. The number of benzene rings is 1. The van der Waals surface area contributed by atoms with E-state index in [-0.39, 0.29) is 6.61 Å². The number of hydrogen-bond donors (Lipinski definition) is 2. The van der Waals surface area contributed by atoms with Crippen LogP contribution in [-0.4, -0.2) is 24.3 Å². The molecule has 0 heterocycles. The number of nitrogens with zero attached hydrogens (tertiary/aromatic N) is 1. The lowest BCUT2D eigenvalue weighted by atomic mass is 10.1. The third-order valence-corrected chi connectivity index (χ3v) is 3.87. The van der Waals surface area contributed by atoms with Crippen molar-refractivity contribution in [3.8, 4) is 0 Å². The Morgan fingerprint density at radius 2 is 2.00 bits per heavy atom. The highest BCUT2D eigenvalue weighted by Gasteiger charge is 2.17. The largest absolute Gasteiger partial charge is 0.399 e. The minimum atomic E-state index is 0.178. The Bertz CT molecular complexity index is 353. The van der Waals surface area contributed by atoms with Crippen LogP contribution in [-0.2, 0) is 0 Å². The van der Waals surface area contributed by atoms with Crippen LogP contribution >= 0.6 is 22.6 Å². The van der Waals surface area contributed by atoms with Gasteiger partial charge in [0, 0.05) is 21.8 Å². The molecule has 4 heteroatoms. The van der Waals surface area contributed by atoms with Crippen LogP contribution in [0.25, 0.3) is 0 Å². The summed E-state index contributed by atoms with van der Waals surface area (Å²) >= 11 is 2.30. The molecule has 0 aromatic heterocycles. The van der Waals surface area contributed by atoms with E-state index in [2.05, 4.69) is 41.3 Å². The predicted molar refractivity (Wildman–Crippen MR) is 82.4 cm³/mol. The summed E-state index contributed by atoms with van der Waals surface area (Å²) in [4.78, 5) is 2.28. The molecule has 0 bridgehead atoms. The molecule has 3 N–H and O–H groups in total. The van der Waals surface area contributed by atoms with Crippen molar-refractivity contribution in [2.45, 2.75) is 32.7 Å². The fourth-order valence-electron chi connectivity index (χ4n) is 2.09. The first-order chi connectivity index (χ1) is 8.13. The normalized spacial score (nSPS) is 10.9. The summed E-state index contributed by atoms with van der Waals surface area (Å²) in [6.45, 7) is 5.22. The zero-order valence-corrected chi connectivity index (χ0v) is 12.6. The highest BCUT2D eigenvalue weighted by molar-refractivity contribution is 14.1. The number of nitrogen functional groups attached to an aromatic ring is 1. The first-order valence-electron chi connectivity index (χ1n) is 6.06. The Hall–Kier alpha value is -0.490. The van der Waals surface area contributed by atoms with E-state index in [4.69, 9.17) is 5.73 Å². The molecule has 0 amide bonds. The van der Waals surface area contributed by atoms with Crippen molar-refractivity contribution in [1.29, 1.82) is 0 Å². The van der Waals surface area contributed by atoms with E-state index in [1.807, 2.05) is 18.2 Å². The van der Waals surface area contributed by atoms with Crippen LogP contribution in [0.4, 0.5) is 11.4 Å². The van der Waals surface area contributed by atoms with Crippen molar-refractivity contribution in [2.24, 2.45) is 0 Å². The van der Waals surface area contributed by atoms with Gasteiger partial charge in [0.25, 0.3) is 0 Å². The zero-order chi connectivity index (χ0) is 12.8. The van der Waals surface area contributed by atoms with E-state index in [0.29, 0.717) is 12.6 Å². The van der Waals surface area contributed by atoms with Gasteiger partial charge in [0.15, 0.2) is 0 Å². The van der Waals surface area contributed by atoms with Gasteiger partial charge < -0.3 is 15.7 Å². The van der Waals surface area contributed by atoms with Gasteiger partial charge in [0.05, 0.1) is 12.3 Å². The molecule has 0 radical (unpaired) electrons. The maximum absolute atomic E-state index is 9.21. The Morgan fingerprint density at radius 3 is 2.47 bits per heavy atom. The van der Waals surface area contributed by atoms with Gasteiger partial charge in [-0.25, -0.2) is 0 Å². The molecule has 0 saturated carbocycles. The van der Waals surface area contributed by atoms with Gasteiger partial charge in [-0.3, -0.25) is 0 Å². The summed E-state index contributed by atoms with van der Waals surface area (Å²) in [5.74, 6) is 0. The van der Waals surface area contributed by atoms with E-state index < -0.39 is 0 Å². The van der Waals surface area contributed by atoms with Crippen LogP contribution in [0.2, 0.25) is 0 Å². The van der Waals surface area contributed by atoms with Gasteiger partial charge in [-0.1, -0.05) is 13.8 Å². The van der Waals surface area contributed by atoms with E-state index >= 15 is 0 Å². The van der Waals surface area contributed by atoms with Crippen LogP contribution < -0.4 is 10.6 Å². The number of aliphatic hydroxyl groups excluding tert-OH is 1. The minimum Gasteiger partial charge on any atom is -0.399 e. The number of halogens is 1. The number of anilines is 2. The molecule has 1 rings (SSSR count). The van der Waals surface area contributed by atoms with Crippen LogP contribution in [0.5, 0.6) is 0 Å². The van der Waals surface area contributed by atoms with Gasteiger partial charge in [0.1, 0.15) is 0 Å². The second-order valence-electron chi connectivity index (χ2n) is 4.10. The molecular weight excluding hydrogens is 327 g/mol. The van der Waals surface area contributed by atoms with Crippen molar-refractivity contribution in [3.63, 3.8) is 0 Å². The molecule has 0 fully saturated rings. The molecule has 0 unspecified atom stereocenters. The van der Waals surface area contributed by atoms with Gasteiger partial charge in [-0.2, -0.15) is 0 Å². The summed E-state index contributed by atoms with van der Waals surface area (Å²) in [6.07, 6.45) is 2.16. The summed E-state index contributed by atoms with van der Waals surface area (Å²) < 4.78 is 1.14. The molecule has 1 aromatic rings. The lowest BCUT2D eigenvalue weighted by molar-refractivity contribution is 0.296. The highest BCUT2D eigenvalue weighted by atomic mass is 127. The van der Waals surface area contributed by atoms with Crippen molar-refractivity contribution in [1.82, 2.24) is 0 Å². The molecule has 0 aliphatic heterocycles. The average molecular weight is 348 g/mol. The van der Waals surface area contributed by atoms with Crippen molar-refractivity contribution in [3.05, 3.63) is 21.8 Å². The standard InChI is InChI=1S/C13H21IN2O/c1-3-11(4-2)16(7-8-17)13-6-5-10(15)9-12(13)14/h5-6,9,11,17H,3-4,7-8,15H2,1-2H3. The average Bonchev–Trinajstić information content (AvgIpc) is 2.30. The van der Waals surface area contributed by atoms with Gasteiger partial charge >= 0.3 is 0 Å². The van der Waals surface area contributed by atoms with E-state index in [0.717, 1.165) is 22.1 Å². The Kier molecular flexibility index (Phi) is 6.05. The fraction of sp³-hybridized carbons (Fsp3) is 0.538. The van der Waals surface area contributed by atoms with Crippen LogP contribution in [0.15, 0.2) is 18.2 Å². The molecule has 1 aromatic carbocycles. The maximum atomic E-state index is 9.21. The first kappa shape index (κ1) is 14.6. The second-order valence-corrected chi connectivity index (χ2v) is 5.26. The van der Waals surface area contributed by atoms with Crippen LogP contribution in [0.3, 0.4) is 0 Å².